The quantitative estimate of drug-likeness (QED) is 0.345. The molecule has 3 aromatic rings. The predicted octanol–water partition coefficient (Wildman–Crippen LogP) is 3.24. The van der Waals surface area contributed by atoms with E-state index in [2.05, 4.69) is 31.6 Å². The van der Waals surface area contributed by atoms with Crippen molar-refractivity contribution in [3.8, 4) is 10.6 Å². The molecule has 1 aliphatic carbocycles. The number of hydrogen-bond acceptors (Lipinski definition) is 11. The van der Waals surface area contributed by atoms with Crippen molar-refractivity contribution in [1.82, 2.24) is 20.2 Å². The number of benzene rings is 1. The van der Waals surface area contributed by atoms with Crippen molar-refractivity contribution in [1.29, 1.82) is 0 Å². The highest BCUT2D eigenvalue weighted by atomic mass is 32.2. The molecule has 2 saturated heterocycles. The van der Waals surface area contributed by atoms with Crippen molar-refractivity contribution in [3.63, 3.8) is 0 Å². The summed E-state index contributed by atoms with van der Waals surface area (Å²) in [5, 5.41) is 16.0. The minimum atomic E-state index is -4.83. The number of anilines is 3. The first-order valence-corrected chi connectivity index (χ1v) is 17.2. The van der Waals surface area contributed by atoms with Crippen molar-refractivity contribution in [2.24, 2.45) is 0 Å². The lowest BCUT2D eigenvalue weighted by Crippen LogP contribution is -2.52. The van der Waals surface area contributed by atoms with Crippen LogP contribution >= 0.6 is 11.3 Å². The summed E-state index contributed by atoms with van der Waals surface area (Å²) < 4.78 is 74.1. The van der Waals surface area contributed by atoms with Crippen LogP contribution < -0.4 is 15.5 Å². The zero-order valence-corrected chi connectivity index (χ0v) is 25.6. The van der Waals surface area contributed by atoms with Gasteiger partial charge in [0, 0.05) is 49.8 Å². The van der Waals surface area contributed by atoms with Crippen LogP contribution in [0, 0.1) is 0 Å². The Morgan fingerprint density at radius 1 is 1.18 bits per heavy atom. The van der Waals surface area contributed by atoms with Crippen LogP contribution in [0.1, 0.15) is 39.6 Å². The number of rotatable bonds is 7. The number of piperazine rings is 1. The van der Waals surface area contributed by atoms with E-state index in [-0.39, 0.29) is 70.7 Å². The molecular formula is C29H31F3N6O5S2. The number of thiophene rings is 1. The molecule has 3 aliphatic heterocycles. The molecule has 0 unspecified atom stereocenters. The zero-order valence-electron chi connectivity index (χ0n) is 24.0. The number of nitrogens with zero attached hydrogens (tertiary/aromatic N) is 4. The van der Waals surface area contributed by atoms with Gasteiger partial charge >= 0.3 is 6.18 Å². The molecule has 11 nitrogen and oxygen atoms in total. The van der Waals surface area contributed by atoms with Crippen LogP contribution in [0.2, 0.25) is 0 Å². The molecular weight excluding hydrogens is 633 g/mol. The minimum Gasteiger partial charge on any atom is -0.395 e. The first kappa shape index (κ1) is 30.3. The number of nitrogens with one attached hydrogen (secondary N) is 2. The molecule has 1 atom stereocenters. The van der Waals surface area contributed by atoms with Gasteiger partial charge in [-0.3, -0.25) is 4.79 Å². The van der Waals surface area contributed by atoms with Crippen LogP contribution in [0.4, 0.5) is 30.5 Å². The summed E-state index contributed by atoms with van der Waals surface area (Å²) in [4.78, 5) is 24.8. The molecule has 0 bridgehead atoms. The summed E-state index contributed by atoms with van der Waals surface area (Å²) in [6, 6.07) is 6.66. The monoisotopic (exact) mass is 664 g/mol. The van der Waals surface area contributed by atoms with Crippen LogP contribution in [0.15, 0.2) is 35.4 Å². The Morgan fingerprint density at radius 2 is 1.98 bits per heavy atom. The van der Waals surface area contributed by atoms with Gasteiger partial charge in [0.2, 0.25) is 5.95 Å². The van der Waals surface area contributed by atoms with E-state index in [1.165, 1.54) is 4.90 Å². The highest BCUT2D eigenvalue weighted by Gasteiger charge is 2.41. The number of hydrogen-bond donors (Lipinski definition) is 3. The number of sulfone groups is 1. The average Bonchev–Trinajstić information content (AvgIpc) is 3.75. The molecule has 0 spiro atoms. The molecule has 5 heterocycles. The largest absolute Gasteiger partial charge is 0.420 e. The fourth-order valence-electron chi connectivity index (χ4n) is 5.92. The Balaban J connectivity index is 1.24. The molecule has 3 fully saturated rings. The summed E-state index contributed by atoms with van der Waals surface area (Å²) >= 11 is 0.693. The first-order chi connectivity index (χ1) is 21.5. The SMILES string of the molecule is O=C1c2sc(-c3nc(Nc4ccc(N5CCN[C@@H](CO)C5)cc4C4CC4)ncc3C(F)(F)F)cc2S(=O)(=O)CCN1C1COC1. The predicted molar refractivity (Wildman–Crippen MR) is 161 cm³/mol. The summed E-state index contributed by atoms with van der Waals surface area (Å²) in [7, 11) is -3.94. The van der Waals surface area contributed by atoms with Gasteiger partial charge in [0.15, 0.2) is 9.84 Å². The Bertz CT molecular complexity index is 1740. The molecule has 1 amide bonds. The van der Waals surface area contributed by atoms with Crippen molar-refractivity contribution in [3.05, 3.63) is 46.5 Å². The van der Waals surface area contributed by atoms with Crippen LogP contribution in [0.3, 0.4) is 0 Å². The molecule has 240 valence electrons. The number of amides is 1. The second-order valence-corrected chi connectivity index (χ2v) is 14.8. The van der Waals surface area contributed by atoms with Crippen molar-refractivity contribution < 1.29 is 36.2 Å². The summed E-state index contributed by atoms with van der Waals surface area (Å²) in [6.45, 7) is 2.72. The Hall–Kier alpha value is -3.31. The smallest absolute Gasteiger partial charge is 0.395 e. The van der Waals surface area contributed by atoms with Crippen LogP contribution in [0.25, 0.3) is 10.6 Å². The van der Waals surface area contributed by atoms with Gasteiger partial charge in [0.1, 0.15) is 10.4 Å². The molecule has 3 N–H and O–H groups in total. The molecule has 0 radical (unpaired) electrons. The Labute approximate surface area is 261 Å². The van der Waals surface area contributed by atoms with E-state index in [0.29, 0.717) is 29.8 Å². The molecule has 16 heteroatoms. The van der Waals surface area contributed by atoms with Gasteiger partial charge in [-0.15, -0.1) is 11.3 Å². The maximum Gasteiger partial charge on any atom is 0.420 e. The minimum absolute atomic E-state index is 0.0138. The molecule has 4 aliphatic rings. The first-order valence-electron chi connectivity index (χ1n) is 14.7. The van der Waals surface area contributed by atoms with Crippen LogP contribution in [-0.4, -0.2) is 98.1 Å². The standard InChI is InChI=1S/C29H31F3N6O5S2/c30-29(31,32)21-11-34-28(35-22-4-3-18(9-20(22)16-1-2-16)37-6-5-33-17(12-37)13-39)36-25(21)23-10-24-26(44-23)27(40)38(19-14-43-15-19)7-8-45(24,41)42/h3-4,9-11,16-17,19,33,39H,1-2,5-8,12-15H2,(H,34,35,36)/t17-/m1/s1. The third-order valence-electron chi connectivity index (χ3n) is 8.62. The van der Waals surface area contributed by atoms with Crippen molar-refractivity contribution in [2.45, 2.75) is 41.9 Å². The van der Waals surface area contributed by atoms with Crippen LogP contribution in [-0.2, 0) is 20.8 Å². The number of carbonyl (C=O) groups excluding carboxylic acids is 1. The van der Waals surface area contributed by atoms with Gasteiger partial charge < -0.3 is 30.3 Å². The maximum absolute atomic E-state index is 14.2. The van der Waals surface area contributed by atoms with Crippen molar-refractivity contribution >= 4 is 44.4 Å². The molecule has 7 rings (SSSR count). The number of carbonyl (C=O) groups is 1. The lowest BCUT2D eigenvalue weighted by atomic mass is 10.1. The molecule has 1 aromatic carbocycles. The number of halogens is 3. The number of aliphatic hydroxyl groups excluding tert-OH is 1. The number of ether oxygens (including phenoxy) is 1. The lowest BCUT2D eigenvalue weighted by Gasteiger charge is -2.36. The van der Waals surface area contributed by atoms with Gasteiger partial charge in [-0.2, -0.15) is 13.2 Å². The van der Waals surface area contributed by atoms with E-state index in [9.17, 15) is 31.5 Å². The Morgan fingerprint density at radius 3 is 2.67 bits per heavy atom. The molecule has 1 saturated carbocycles. The van der Waals surface area contributed by atoms with E-state index >= 15 is 0 Å². The fraction of sp³-hybridized carbons (Fsp3) is 0.483. The third-order valence-corrected chi connectivity index (χ3v) is 11.6. The van der Waals surface area contributed by atoms with Crippen LogP contribution in [0.5, 0.6) is 0 Å². The highest BCUT2D eigenvalue weighted by molar-refractivity contribution is 7.91. The fourth-order valence-corrected chi connectivity index (χ4v) is 8.83. The van der Waals surface area contributed by atoms with E-state index in [0.717, 1.165) is 43.2 Å². The lowest BCUT2D eigenvalue weighted by molar-refractivity contribution is -0.137. The number of aliphatic hydroxyl groups is 1. The second-order valence-electron chi connectivity index (χ2n) is 11.7. The van der Waals surface area contributed by atoms with E-state index in [1.807, 2.05) is 12.1 Å². The van der Waals surface area contributed by atoms with Crippen molar-refractivity contribution in [2.75, 3.05) is 62.0 Å². The average molecular weight is 665 g/mol. The molecule has 45 heavy (non-hydrogen) atoms. The van der Waals surface area contributed by atoms with Gasteiger partial charge in [0.05, 0.1) is 47.1 Å². The normalized spacial score (nSPS) is 22.1. The summed E-state index contributed by atoms with van der Waals surface area (Å²) in [6.07, 6.45) is -2.19. The number of aromatic nitrogens is 2. The number of fused-ring (bicyclic) bond motifs is 1. The summed E-state index contributed by atoms with van der Waals surface area (Å²) in [5.41, 5.74) is 1.02. The van der Waals surface area contributed by atoms with Gasteiger partial charge in [0.25, 0.3) is 5.91 Å². The van der Waals surface area contributed by atoms with E-state index in [4.69, 9.17) is 4.74 Å². The zero-order chi connectivity index (χ0) is 31.5. The van der Waals surface area contributed by atoms with Gasteiger partial charge in [-0.25, -0.2) is 18.4 Å². The maximum atomic E-state index is 14.2. The van der Waals surface area contributed by atoms with E-state index < -0.39 is 33.2 Å². The highest BCUT2D eigenvalue weighted by Crippen LogP contribution is 2.46. The topological polar surface area (TPSA) is 137 Å². The number of alkyl halides is 3. The van der Waals surface area contributed by atoms with Gasteiger partial charge in [-0.05, 0) is 48.6 Å². The molecule has 2 aromatic heterocycles. The van der Waals surface area contributed by atoms with Gasteiger partial charge in [-0.1, -0.05) is 0 Å². The second kappa shape index (κ2) is 11.5. The van der Waals surface area contributed by atoms with E-state index in [1.54, 1.807) is 0 Å². The Kier molecular flexibility index (Phi) is 7.75. The summed E-state index contributed by atoms with van der Waals surface area (Å²) in [5.74, 6) is -0.678. The third kappa shape index (κ3) is 5.89.